The van der Waals surface area contributed by atoms with Gasteiger partial charge in [0, 0.05) is 14.6 Å². The van der Waals surface area contributed by atoms with E-state index < -0.39 is 11.9 Å². The third-order valence-corrected chi connectivity index (χ3v) is 6.83. The number of carbonyl (C=O) groups is 2. The zero-order valence-electron chi connectivity index (χ0n) is 18.3. The predicted octanol–water partition coefficient (Wildman–Crippen LogP) is 6.07. The van der Waals surface area contributed by atoms with E-state index in [9.17, 15) is 9.59 Å². The van der Waals surface area contributed by atoms with Crippen LogP contribution in [0.4, 0.5) is 0 Å². The van der Waals surface area contributed by atoms with Gasteiger partial charge in [-0.3, -0.25) is 4.79 Å². The fourth-order valence-electron chi connectivity index (χ4n) is 3.06. The van der Waals surface area contributed by atoms with E-state index in [4.69, 9.17) is 25.8 Å². The minimum Gasteiger partial charge on any atom is -0.493 e. The molecule has 178 valence electrons. The number of hydrogen-bond donors (Lipinski definition) is 1. The molecule has 1 aromatic heterocycles. The Morgan fingerprint density at radius 1 is 1.09 bits per heavy atom. The molecule has 0 bridgehead atoms. The van der Waals surface area contributed by atoms with Gasteiger partial charge in [-0.1, -0.05) is 51.8 Å². The first-order valence-electron chi connectivity index (χ1n) is 10.2. The average molecular weight is 574 g/mol. The van der Waals surface area contributed by atoms with Gasteiger partial charge in [-0.25, -0.2) is 10.2 Å². The second-order valence-corrected chi connectivity index (χ2v) is 9.43. The highest BCUT2D eigenvalue weighted by Crippen LogP contribution is 2.37. The number of thiophene rings is 1. The number of methoxy groups -OCH3 is 1. The molecule has 4 rings (SSSR count). The monoisotopic (exact) mass is 572 g/mol. The van der Waals surface area contributed by atoms with Crippen LogP contribution < -0.4 is 19.6 Å². The van der Waals surface area contributed by atoms with Gasteiger partial charge in [0.1, 0.15) is 10.6 Å². The van der Waals surface area contributed by atoms with Gasteiger partial charge in [-0.05, 0) is 48.0 Å². The van der Waals surface area contributed by atoms with Gasteiger partial charge in [-0.2, -0.15) is 5.10 Å². The number of nitrogens with one attached hydrogen (secondary N) is 1. The van der Waals surface area contributed by atoms with Crippen molar-refractivity contribution in [3.8, 4) is 17.2 Å². The molecule has 0 unspecified atom stereocenters. The van der Waals surface area contributed by atoms with E-state index in [1.54, 1.807) is 36.4 Å². The highest BCUT2D eigenvalue weighted by Gasteiger charge is 2.20. The third-order valence-electron chi connectivity index (χ3n) is 4.68. The lowest BCUT2D eigenvalue weighted by molar-refractivity contribution is -0.123. The SMILES string of the molecule is COc1cc(/C=N/NC(=O)COc2cccc(Br)c2)ccc1OC(=O)c1sc2ccccc2c1Cl. The number of amides is 1. The van der Waals surface area contributed by atoms with Crippen LogP contribution in [0.1, 0.15) is 15.2 Å². The van der Waals surface area contributed by atoms with Gasteiger partial charge in [0.25, 0.3) is 5.91 Å². The summed E-state index contributed by atoms with van der Waals surface area (Å²) in [6, 6.07) is 19.5. The normalized spacial score (nSPS) is 10.9. The number of carbonyl (C=O) groups excluding carboxylic acids is 2. The Balaban J connectivity index is 1.37. The van der Waals surface area contributed by atoms with Gasteiger partial charge in [0.15, 0.2) is 18.1 Å². The first-order valence-corrected chi connectivity index (χ1v) is 12.2. The van der Waals surface area contributed by atoms with Crippen LogP contribution in [0.2, 0.25) is 5.02 Å². The first kappa shape index (κ1) is 24.7. The van der Waals surface area contributed by atoms with Gasteiger partial charge < -0.3 is 14.2 Å². The molecular formula is C25H18BrClN2O5S. The van der Waals surface area contributed by atoms with Gasteiger partial charge >= 0.3 is 5.97 Å². The molecular weight excluding hydrogens is 556 g/mol. The van der Waals surface area contributed by atoms with E-state index >= 15 is 0 Å². The zero-order valence-corrected chi connectivity index (χ0v) is 21.4. The zero-order chi connectivity index (χ0) is 24.8. The molecule has 0 aliphatic carbocycles. The van der Waals surface area contributed by atoms with Crippen LogP contribution in [0.15, 0.2) is 76.3 Å². The summed E-state index contributed by atoms with van der Waals surface area (Å²) in [4.78, 5) is 25.0. The number of hydrazone groups is 1. The molecule has 4 aromatic rings. The van der Waals surface area contributed by atoms with Crippen molar-refractivity contribution in [2.75, 3.05) is 13.7 Å². The number of benzene rings is 3. The lowest BCUT2D eigenvalue weighted by Crippen LogP contribution is -2.24. The summed E-state index contributed by atoms with van der Waals surface area (Å²) in [7, 11) is 1.46. The summed E-state index contributed by atoms with van der Waals surface area (Å²) >= 11 is 11.0. The van der Waals surface area contributed by atoms with Gasteiger partial charge in [-0.15, -0.1) is 11.3 Å². The Labute approximate surface area is 218 Å². The number of halogens is 2. The number of fused-ring (bicyclic) bond motifs is 1. The van der Waals surface area contributed by atoms with Crippen molar-refractivity contribution in [3.05, 3.63) is 86.7 Å². The van der Waals surface area contributed by atoms with Crippen LogP contribution in [0.25, 0.3) is 10.1 Å². The number of nitrogens with zero attached hydrogens (tertiary/aromatic N) is 1. The molecule has 35 heavy (non-hydrogen) atoms. The molecule has 0 atom stereocenters. The van der Waals surface area contributed by atoms with Gasteiger partial charge in [0.05, 0.1) is 18.3 Å². The predicted molar refractivity (Wildman–Crippen MR) is 140 cm³/mol. The summed E-state index contributed by atoms with van der Waals surface area (Å²) in [5, 5.41) is 5.09. The van der Waals surface area contributed by atoms with E-state index in [-0.39, 0.29) is 12.4 Å². The Kier molecular flexibility index (Phi) is 8.02. The number of rotatable bonds is 8. The van der Waals surface area contributed by atoms with E-state index in [1.807, 2.05) is 30.3 Å². The molecule has 0 aliphatic rings. The van der Waals surface area contributed by atoms with Crippen molar-refractivity contribution >= 4 is 67.0 Å². The van der Waals surface area contributed by atoms with Crippen molar-refractivity contribution in [1.82, 2.24) is 5.43 Å². The van der Waals surface area contributed by atoms with E-state index in [1.165, 1.54) is 24.7 Å². The largest absolute Gasteiger partial charge is 0.493 e. The summed E-state index contributed by atoms with van der Waals surface area (Å²) < 4.78 is 18.1. The lowest BCUT2D eigenvalue weighted by Gasteiger charge is -2.09. The van der Waals surface area contributed by atoms with Crippen LogP contribution in [0.3, 0.4) is 0 Å². The average Bonchev–Trinajstić information content (AvgIpc) is 3.20. The minimum atomic E-state index is -0.575. The maximum Gasteiger partial charge on any atom is 0.355 e. The number of hydrogen-bond acceptors (Lipinski definition) is 7. The van der Waals surface area contributed by atoms with Crippen molar-refractivity contribution in [3.63, 3.8) is 0 Å². The lowest BCUT2D eigenvalue weighted by atomic mass is 10.2. The fraction of sp³-hybridized carbons (Fsp3) is 0.0800. The molecule has 0 saturated heterocycles. The van der Waals surface area contributed by atoms with Crippen LogP contribution in [0, 0.1) is 0 Å². The molecule has 7 nitrogen and oxygen atoms in total. The van der Waals surface area contributed by atoms with Crippen LogP contribution in [-0.4, -0.2) is 31.8 Å². The standard InChI is InChI=1S/C25H18BrClN2O5S/c1-32-20-11-15(13-28-29-22(30)14-33-17-6-4-5-16(26)12-17)9-10-19(20)34-25(31)24-23(27)18-7-2-3-8-21(18)35-24/h2-13H,14H2,1H3,(H,29,30)/b28-13+. The van der Waals surface area contributed by atoms with Crippen LogP contribution in [-0.2, 0) is 4.79 Å². The molecule has 1 N–H and O–H groups in total. The molecule has 1 heterocycles. The molecule has 0 radical (unpaired) electrons. The summed E-state index contributed by atoms with van der Waals surface area (Å²) in [6.45, 7) is -0.188. The van der Waals surface area contributed by atoms with E-state index in [0.29, 0.717) is 27.0 Å². The Morgan fingerprint density at radius 2 is 1.91 bits per heavy atom. The molecule has 0 spiro atoms. The Hall–Kier alpha value is -3.40. The van der Waals surface area contributed by atoms with Crippen molar-refractivity contribution in [2.24, 2.45) is 5.10 Å². The summed E-state index contributed by atoms with van der Waals surface area (Å²) in [5.74, 6) is 0.122. The quantitative estimate of drug-likeness (QED) is 0.120. The minimum absolute atomic E-state index is 0.188. The smallest absolute Gasteiger partial charge is 0.355 e. The van der Waals surface area contributed by atoms with E-state index in [2.05, 4.69) is 26.5 Å². The molecule has 0 saturated carbocycles. The van der Waals surface area contributed by atoms with Crippen LogP contribution >= 0.6 is 38.9 Å². The topological polar surface area (TPSA) is 86.2 Å². The fourth-order valence-corrected chi connectivity index (χ4v) is 4.82. The van der Waals surface area contributed by atoms with Crippen molar-refractivity contribution in [2.45, 2.75) is 0 Å². The highest BCUT2D eigenvalue weighted by molar-refractivity contribution is 9.10. The van der Waals surface area contributed by atoms with Gasteiger partial charge in [0.2, 0.25) is 0 Å². The third kappa shape index (κ3) is 6.19. The number of ether oxygens (including phenoxy) is 3. The second-order valence-electron chi connectivity index (χ2n) is 7.08. The molecule has 3 aromatic carbocycles. The van der Waals surface area contributed by atoms with Crippen molar-refractivity contribution in [1.29, 1.82) is 0 Å². The Bertz CT molecular complexity index is 1420. The maximum atomic E-state index is 12.7. The molecule has 1 amide bonds. The van der Waals surface area contributed by atoms with Crippen LogP contribution in [0.5, 0.6) is 17.2 Å². The van der Waals surface area contributed by atoms with E-state index in [0.717, 1.165) is 14.6 Å². The Morgan fingerprint density at radius 3 is 2.69 bits per heavy atom. The van der Waals surface area contributed by atoms with Crippen molar-refractivity contribution < 1.29 is 23.8 Å². The number of esters is 1. The summed E-state index contributed by atoms with van der Waals surface area (Å²) in [6.07, 6.45) is 1.44. The molecule has 0 fully saturated rings. The highest BCUT2D eigenvalue weighted by atomic mass is 79.9. The molecule has 0 aliphatic heterocycles. The summed E-state index contributed by atoms with van der Waals surface area (Å²) in [5.41, 5.74) is 3.02. The second kappa shape index (κ2) is 11.4. The first-order chi connectivity index (χ1) is 16.9. The maximum absolute atomic E-state index is 12.7. The molecule has 10 heteroatoms.